The van der Waals surface area contributed by atoms with Gasteiger partial charge in [-0.3, -0.25) is 9.58 Å². The molecule has 0 spiro atoms. The Kier molecular flexibility index (Phi) is 5.50. The second-order valence-corrected chi connectivity index (χ2v) is 5.82. The third-order valence-electron chi connectivity index (χ3n) is 3.48. The topological polar surface area (TPSA) is 50.1 Å². The van der Waals surface area contributed by atoms with E-state index >= 15 is 0 Å². The molecule has 0 aliphatic rings. The van der Waals surface area contributed by atoms with E-state index in [0.29, 0.717) is 11.7 Å². The van der Waals surface area contributed by atoms with Gasteiger partial charge in [-0.15, -0.1) is 0 Å². The predicted molar refractivity (Wildman–Crippen MR) is 85.4 cm³/mol. The first-order chi connectivity index (χ1) is 10.0. The van der Waals surface area contributed by atoms with Gasteiger partial charge in [0.15, 0.2) is 5.65 Å². The standard InChI is InChI=1S/C14H23ClN6/c1-5-21(8-6-7-19(2)3)10-12-17-13(15)11-9-16-20(4)14(11)18-12/h9H,5-8,10H2,1-4H3. The molecule has 2 rings (SSSR count). The van der Waals surface area contributed by atoms with Crippen molar-refractivity contribution in [2.24, 2.45) is 7.05 Å². The molecule has 0 N–H and O–H groups in total. The zero-order valence-electron chi connectivity index (χ0n) is 13.2. The van der Waals surface area contributed by atoms with E-state index in [2.05, 4.69) is 45.9 Å². The molecule has 0 saturated heterocycles. The summed E-state index contributed by atoms with van der Waals surface area (Å²) in [5, 5.41) is 5.46. The van der Waals surface area contributed by atoms with E-state index < -0.39 is 0 Å². The van der Waals surface area contributed by atoms with Crippen LogP contribution in [0.1, 0.15) is 19.2 Å². The van der Waals surface area contributed by atoms with Crippen molar-refractivity contribution in [2.75, 3.05) is 33.7 Å². The van der Waals surface area contributed by atoms with Gasteiger partial charge in [-0.1, -0.05) is 18.5 Å². The number of nitrogens with zero attached hydrogens (tertiary/aromatic N) is 6. The normalized spacial score (nSPS) is 12.0. The minimum absolute atomic E-state index is 0.479. The van der Waals surface area contributed by atoms with Crippen LogP contribution in [0.5, 0.6) is 0 Å². The molecule has 2 aromatic heterocycles. The van der Waals surface area contributed by atoms with Crippen molar-refractivity contribution in [1.29, 1.82) is 0 Å². The minimum Gasteiger partial charge on any atom is -0.309 e. The maximum absolute atomic E-state index is 6.22. The van der Waals surface area contributed by atoms with Crippen LogP contribution in [-0.4, -0.2) is 63.3 Å². The molecular formula is C14H23ClN6. The average molecular weight is 311 g/mol. The van der Waals surface area contributed by atoms with Gasteiger partial charge in [-0.25, -0.2) is 9.97 Å². The molecule has 7 heteroatoms. The molecule has 0 saturated carbocycles. The molecule has 0 amide bonds. The zero-order chi connectivity index (χ0) is 15.4. The lowest BCUT2D eigenvalue weighted by molar-refractivity contribution is 0.254. The Balaban J connectivity index is 2.08. The van der Waals surface area contributed by atoms with Gasteiger partial charge in [0.25, 0.3) is 0 Å². The highest BCUT2D eigenvalue weighted by Gasteiger charge is 2.12. The van der Waals surface area contributed by atoms with Gasteiger partial charge in [0.1, 0.15) is 11.0 Å². The summed E-state index contributed by atoms with van der Waals surface area (Å²) in [5.41, 5.74) is 0.786. The Hall–Kier alpha value is -1.24. The second kappa shape index (κ2) is 7.15. The van der Waals surface area contributed by atoms with E-state index in [1.165, 1.54) is 0 Å². The molecule has 0 fully saturated rings. The van der Waals surface area contributed by atoms with Crippen LogP contribution >= 0.6 is 11.6 Å². The summed E-state index contributed by atoms with van der Waals surface area (Å²) in [6.07, 6.45) is 2.83. The molecule has 6 nitrogen and oxygen atoms in total. The summed E-state index contributed by atoms with van der Waals surface area (Å²) < 4.78 is 1.73. The predicted octanol–water partition coefficient (Wildman–Crippen LogP) is 1.79. The van der Waals surface area contributed by atoms with E-state index in [0.717, 1.165) is 42.9 Å². The van der Waals surface area contributed by atoms with Crippen LogP contribution in [0.4, 0.5) is 0 Å². The van der Waals surface area contributed by atoms with E-state index in [4.69, 9.17) is 11.6 Å². The van der Waals surface area contributed by atoms with Crippen molar-refractivity contribution in [3.05, 3.63) is 17.2 Å². The van der Waals surface area contributed by atoms with Gasteiger partial charge >= 0.3 is 0 Å². The Morgan fingerprint density at radius 2 is 2.00 bits per heavy atom. The van der Waals surface area contributed by atoms with E-state index in [9.17, 15) is 0 Å². The first-order valence-electron chi connectivity index (χ1n) is 7.22. The van der Waals surface area contributed by atoms with Crippen LogP contribution in [0.25, 0.3) is 11.0 Å². The maximum Gasteiger partial charge on any atom is 0.162 e. The molecule has 0 atom stereocenters. The number of aromatic nitrogens is 4. The molecule has 0 bridgehead atoms. The first-order valence-corrected chi connectivity index (χ1v) is 7.60. The summed E-state index contributed by atoms with van der Waals surface area (Å²) in [4.78, 5) is 13.5. The lowest BCUT2D eigenvalue weighted by atomic mass is 10.3. The summed E-state index contributed by atoms with van der Waals surface area (Å²) in [6.45, 7) is 5.94. The molecule has 0 aromatic carbocycles. The molecule has 2 heterocycles. The van der Waals surface area contributed by atoms with Crippen LogP contribution in [0, 0.1) is 0 Å². The van der Waals surface area contributed by atoms with Crippen LogP contribution in [0.2, 0.25) is 5.15 Å². The molecule has 21 heavy (non-hydrogen) atoms. The fourth-order valence-electron chi connectivity index (χ4n) is 2.26. The van der Waals surface area contributed by atoms with Gasteiger partial charge in [-0.05, 0) is 40.2 Å². The van der Waals surface area contributed by atoms with Gasteiger partial charge in [0.2, 0.25) is 0 Å². The number of hydrogen-bond donors (Lipinski definition) is 0. The van der Waals surface area contributed by atoms with Crippen molar-refractivity contribution >= 4 is 22.6 Å². The summed E-state index contributed by atoms with van der Waals surface area (Å²) in [7, 11) is 6.05. The van der Waals surface area contributed by atoms with Crippen molar-refractivity contribution < 1.29 is 0 Å². The Morgan fingerprint density at radius 1 is 1.24 bits per heavy atom. The lowest BCUT2D eigenvalue weighted by Crippen LogP contribution is -2.27. The lowest BCUT2D eigenvalue weighted by Gasteiger charge is -2.20. The third-order valence-corrected chi connectivity index (χ3v) is 3.77. The first kappa shape index (κ1) is 16.1. The molecule has 2 aromatic rings. The van der Waals surface area contributed by atoms with Gasteiger partial charge in [0.05, 0.1) is 18.1 Å². The Morgan fingerprint density at radius 3 is 2.67 bits per heavy atom. The van der Waals surface area contributed by atoms with E-state index in [1.54, 1.807) is 10.9 Å². The fourth-order valence-corrected chi connectivity index (χ4v) is 2.49. The average Bonchev–Trinajstić information content (AvgIpc) is 2.79. The van der Waals surface area contributed by atoms with Crippen LogP contribution in [0.3, 0.4) is 0 Å². The van der Waals surface area contributed by atoms with Crippen molar-refractivity contribution in [2.45, 2.75) is 19.9 Å². The highest BCUT2D eigenvalue weighted by Crippen LogP contribution is 2.19. The van der Waals surface area contributed by atoms with Crippen LogP contribution in [-0.2, 0) is 13.6 Å². The maximum atomic E-state index is 6.22. The van der Waals surface area contributed by atoms with Crippen LogP contribution in [0.15, 0.2) is 6.20 Å². The molecule has 116 valence electrons. The minimum atomic E-state index is 0.479. The third kappa shape index (κ3) is 4.12. The Labute approximate surface area is 130 Å². The second-order valence-electron chi connectivity index (χ2n) is 5.46. The van der Waals surface area contributed by atoms with Crippen LogP contribution < -0.4 is 0 Å². The largest absolute Gasteiger partial charge is 0.309 e. The summed E-state index contributed by atoms with van der Waals surface area (Å²) >= 11 is 6.22. The SMILES string of the molecule is CCN(CCCN(C)C)Cc1nc(Cl)c2cnn(C)c2n1. The van der Waals surface area contributed by atoms with Gasteiger partial charge < -0.3 is 4.90 Å². The highest BCUT2D eigenvalue weighted by atomic mass is 35.5. The van der Waals surface area contributed by atoms with Crippen molar-refractivity contribution in [3.63, 3.8) is 0 Å². The van der Waals surface area contributed by atoms with E-state index in [1.807, 2.05) is 7.05 Å². The quantitative estimate of drug-likeness (QED) is 0.730. The van der Waals surface area contributed by atoms with E-state index in [-0.39, 0.29) is 0 Å². The fraction of sp³-hybridized carbons (Fsp3) is 0.643. The molecule has 0 unspecified atom stereocenters. The van der Waals surface area contributed by atoms with Crippen molar-refractivity contribution in [1.82, 2.24) is 29.5 Å². The molecule has 0 aliphatic heterocycles. The zero-order valence-corrected chi connectivity index (χ0v) is 13.9. The monoisotopic (exact) mass is 310 g/mol. The molecule has 0 radical (unpaired) electrons. The number of aryl methyl sites for hydroxylation is 1. The summed E-state index contributed by atoms with van der Waals surface area (Å²) in [6, 6.07) is 0. The van der Waals surface area contributed by atoms with Gasteiger partial charge in [0, 0.05) is 7.05 Å². The summed E-state index contributed by atoms with van der Waals surface area (Å²) in [5.74, 6) is 0.753. The van der Waals surface area contributed by atoms with Crippen molar-refractivity contribution in [3.8, 4) is 0 Å². The number of rotatable bonds is 7. The number of hydrogen-bond acceptors (Lipinski definition) is 5. The Bertz CT molecular complexity index is 594. The molecular weight excluding hydrogens is 288 g/mol. The number of halogens is 1. The highest BCUT2D eigenvalue weighted by molar-refractivity contribution is 6.33. The van der Waals surface area contributed by atoms with Gasteiger partial charge in [-0.2, -0.15) is 5.10 Å². The smallest absolute Gasteiger partial charge is 0.162 e. The molecule has 0 aliphatic carbocycles. The number of fused-ring (bicyclic) bond motifs is 1.